The summed E-state index contributed by atoms with van der Waals surface area (Å²) in [6.45, 7) is 13.1. The van der Waals surface area contributed by atoms with Gasteiger partial charge >= 0.3 is 0 Å². The molecular weight excluding hydrogens is 238 g/mol. The second-order valence-electron chi connectivity index (χ2n) is 4.56. The molecule has 1 aliphatic rings. The van der Waals surface area contributed by atoms with Crippen molar-refractivity contribution in [3.63, 3.8) is 0 Å². The van der Waals surface area contributed by atoms with E-state index in [1.54, 1.807) is 6.92 Å². The maximum Gasteiger partial charge on any atom is 0.219 e. The molecule has 19 heavy (non-hydrogen) atoms. The van der Waals surface area contributed by atoms with Gasteiger partial charge in [-0.3, -0.25) is 4.79 Å². The van der Waals surface area contributed by atoms with Gasteiger partial charge in [0.25, 0.3) is 0 Å². The molecular formula is C15H25N3O. The van der Waals surface area contributed by atoms with Crippen LogP contribution in [-0.4, -0.2) is 42.0 Å². The summed E-state index contributed by atoms with van der Waals surface area (Å²) in [5.74, 6) is 1.19. The molecule has 0 radical (unpaired) electrons. The summed E-state index contributed by atoms with van der Waals surface area (Å²) in [6, 6.07) is 4.17. The van der Waals surface area contributed by atoms with Crippen LogP contribution in [0.5, 0.6) is 0 Å². The Morgan fingerprint density at radius 2 is 1.68 bits per heavy atom. The minimum Gasteiger partial charge on any atom is -0.353 e. The standard InChI is InChI=1S/C13H19N3O.C2H6/c1-10-4-5-13(14-11(10)2)16-8-6-15(7-9-16)12(3)17;1-2/h4-5H,6-9H2,1-3H3;1-2H3. The van der Waals surface area contributed by atoms with Gasteiger partial charge in [0.2, 0.25) is 5.91 Å². The quantitative estimate of drug-likeness (QED) is 0.780. The summed E-state index contributed by atoms with van der Waals surface area (Å²) < 4.78 is 0. The molecule has 1 aromatic heterocycles. The van der Waals surface area contributed by atoms with Crippen molar-refractivity contribution in [1.82, 2.24) is 9.88 Å². The van der Waals surface area contributed by atoms with E-state index in [2.05, 4.69) is 28.9 Å². The Kier molecular flexibility index (Phi) is 5.80. The Bertz CT molecular complexity index is 423. The number of aromatic nitrogens is 1. The highest BCUT2D eigenvalue weighted by molar-refractivity contribution is 5.73. The second kappa shape index (κ2) is 7.12. The summed E-state index contributed by atoms with van der Waals surface area (Å²) in [5.41, 5.74) is 2.30. The van der Waals surface area contributed by atoms with Crippen LogP contribution in [0.2, 0.25) is 0 Å². The van der Waals surface area contributed by atoms with Crippen LogP contribution in [-0.2, 0) is 4.79 Å². The van der Waals surface area contributed by atoms with E-state index in [1.807, 2.05) is 25.7 Å². The highest BCUT2D eigenvalue weighted by Crippen LogP contribution is 2.16. The number of rotatable bonds is 1. The molecule has 106 valence electrons. The molecule has 0 aromatic carbocycles. The molecule has 1 fully saturated rings. The molecule has 0 aliphatic carbocycles. The Labute approximate surface area is 116 Å². The normalized spacial score (nSPS) is 14.8. The van der Waals surface area contributed by atoms with E-state index in [-0.39, 0.29) is 5.91 Å². The van der Waals surface area contributed by atoms with Gasteiger partial charge in [-0.15, -0.1) is 0 Å². The van der Waals surface area contributed by atoms with Crippen LogP contribution in [0.1, 0.15) is 32.0 Å². The molecule has 0 bridgehead atoms. The Hall–Kier alpha value is -1.58. The fourth-order valence-electron chi connectivity index (χ4n) is 2.04. The fourth-order valence-corrected chi connectivity index (χ4v) is 2.04. The number of carbonyl (C=O) groups is 1. The Morgan fingerprint density at radius 3 is 2.16 bits per heavy atom. The minimum atomic E-state index is 0.165. The van der Waals surface area contributed by atoms with Crippen molar-refractivity contribution < 1.29 is 4.79 Å². The van der Waals surface area contributed by atoms with E-state index < -0.39 is 0 Å². The highest BCUT2D eigenvalue weighted by atomic mass is 16.2. The van der Waals surface area contributed by atoms with Gasteiger partial charge in [0, 0.05) is 38.8 Å². The van der Waals surface area contributed by atoms with Crippen LogP contribution >= 0.6 is 0 Å². The lowest BCUT2D eigenvalue weighted by Gasteiger charge is -2.35. The zero-order valence-corrected chi connectivity index (χ0v) is 12.7. The number of piperazine rings is 1. The number of hydrogen-bond donors (Lipinski definition) is 0. The molecule has 1 aliphatic heterocycles. The van der Waals surface area contributed by atoms with Crippen molar-refractivity contribution >= 4 is 11.7 Å². The van der Waals surface area contributed by atoms with Gasteiger partial charge in [-0.2, -0.15) is 0 Å². The van der Waals surface area contributed by atoms with E-state index >= 15 is 0 Å². The molecule has 0 N–H and O–H groups in total. The number of carbonyl (C=O) groups excluding carboxylic acids is 1. The van der Waals surface area contributed by atoms with Gasteiger partial charge < -0.3 is 9.80 Å². The SMILES string of the molecule is CC.CC(=O)N1CCN(c2ccc(C)c(C)n2)CC1. The second-order valence-corrected chi connectivity index (χ2v) is 4.56. The van der Waals surface area contributed by atoms with E-state index in [9.17, 15) is 4.79 Å². The number of pyridine rings is 1. The predicted molar refractivity (Wildman–Crippen MR) is 79.5 cm³/mol. The van der Waals surface area contributed by atoms with Gasteiger partial charge in [0.05, 0.1) is 0 Å². The van der Waals surface area contributed by atoms with Gasteiger partial charge in [0.1, 0.15) is 5.82 Å². The number of nitrogens with zero attached hydrogens (tertiary/aromatic N) is 3. The van der Waals surface area contributed by atoms with Crippen LogP contribution in [0.3, 0.4) is 0 Å². The first-order valence-electron chi connectivity index (χ1n) is 7.02. The van der Waals surface area contributed by atoms with Crippen LogP contribution < -0.4 is 4.90 Å². The summed E-state index contributed by atoms with van der Waals surface area (Å²) >= 11 is 0. The molecule has 1 saturated heterocycles. The van der Waals surface area contributed by atoms with Gasteiger partial charge in [-0.1, -0.05) is 19.9 Å². The molecule has 2 rings (SSSR count). The summed E-state index contributed by atoms with van der Waals surface area (Å²) in [6.07, 6.45) is 0. The smallest absolute Gasteiger partial charge is 0.219 e. The number of anilines is 1. The zero-order chi connectivity index (χ0) is 14.4. The van der Waals surface area contributed by atoms with E-state index in [0.29, 0.717) is 0 Å². The van der Waals surface area contributed by atoms with Crippen molar-refractivity contribution in [2.24, 2.45) is 0 Å². The van der Waals surface area contributed by atoms with Crippen molar-refractivity contribution in [2.45, 2.75) is 34.6 Å². The molecule has 0 unspecified atom stereocenters. The predicted octanol–water partition coefficient (Wildman–Crippen LogP) is 2.39. The first kappa shape index (κ1) is 15.5. The fraction of sp³-hybridized carbons (Fsp3) is 0.600. The van der Waals surface area contributed by atoms with Crippen LogP contribution in [0.4, 0.5) is 5.82 Å². The molecule has 0 spiro atoms. The number of hydrogen-bond acceptors (Lipinski definition) is 3. The Morgan fingerprint density at radius 1 is 1.11 bits per heavy atom. The third kappa shape index (κ3) is 3.94. The van der Waals surface area contributed by atoms with Gasteiger partial charge in [-0.05, 0) is 25.5 Å². The first-order chi connectivity index (χ1) is 9.08. The minimum absolute atomic E-state index is 0.165. The summed E-state index contributed by atoms with van der Waals surface area (Å²) in [5, 5.41) is 0. The maximum absolute atomic E-state index is 11.2. The third-order valence-electron chi connectivity index (χ3n) is 3.38. The van der Waals surface area contributed by atoms with Crippen LogP contribution in [0.25, 0.3) is 0 Å². The molecule has 1 aromatic rings. The monoisotopic (exact) mass is 263 g/mol. The van der Waals surface area contributed by atoms with Crippen LogP contribution in [0, 0.1) is 13.8 Å². The first-order valence-corrected chi connectivity index (χ1v) is 7.02. The molecule has 1 amide bonds. The summed E-state index contributed by atoms with van der Waals surface area (Å²) in [7, 11) is 0. The molecule has 0 saturated carbocycles. The number of amides is 1. The Balaban J connectivity index is 0.000000861. The molecule has 4 nitrogen and oxygen atoms in total. The largest absolute Gasteiger partial charge is 0.353 e. The average molecular weight is 263 g/mol. The molecule has 4 heteroatoms. The third-order valence-corrected chi connectivity index (χ3v) is 3.38. The molecule has 0 atom stereocenters. The van der Waals surface area contributed by atoms with Crippen molar-refractivity contribution in [3.05, 3.63) is 23.4 Å². The average Bonchev–Trinajstić information content (AvgIpc) is 2.44. The topological polar surface area (TPSA) is 36.4 Å². The number of aryl methyl sites for hydroxylation is 2. The lowest BCUT2D eigenvalue weighted by atomic mass is 10.2. The van der Waals surface area contributed by atoms with Gasteiger partial charge in [-0.25, -0.2) is 4.98 Å². The van der Waals surface area contributed by atoms with E-state index in [0.717, 1.165) is 37.7 Å². The lowest BCUT2D eigenvalue weighted by Crippen LogP contribution is -2.48. The summed E-state index contributed by atoms with van der Waals surface area (Å²) in [4.78, 5) is 19.9. The van der Waals surface area contributed by atoms with Crippen molar-refractivity contribution in [1.29, 1.82) is 0 Å². The zero-order valence-electron chi connectivity index (χ0n) is 12.7. The maximum atomic E-state index is 11.2. The van der Waals surface area contributed by atoms with Crippen LogP contribution in [0.15, 0.2) is 12.1 Å². The highest BCUT2D eigenvalue weighted by Gasteiger charge is 2.19. The molecule has 2 heterocycles. The van der Waals surface area contributed by atoms with E-state index in [4.69, 9.17) is 0 Å². The lowest BCUT2D eigenvalue weighted by molar-refractivity contribution is -0.129. The van der Waals surface area contributed by atoms with Crippen molar-refractivity contribution in [3.8, 4) is 0 Å². The van der Waals surface area contributed by atoms with Gasteiger partial charge in [0.15, 0.2) is 0 Å². The van der Waals surface area contributed by atoms with Crippen molar-refractivity contribution in [2.75, 3.05) is 31.1 Å². The van der Waals surface area contributed by atoms with E-state index in [1.165, 1.54) is 5.56 Å².